The maximum atomic E-state index is 11.9. The SMILES string of the molecule is CC/C=C\CC1C=CC(=O)C1CCCCCCCC(=O)[O-]. The molecule has 0 aliphatic heterocycles. The van der Waals surface area contributed by atoms with Gasteiger partial charge >= 0.3 is 0 Å². The molecule has 0 fully saturated rings. The highest BCUT2D eigenvalue weighted by molar-refractivity contribution is 5.94. The third-order valence-corrected chi connectivity index (χ3v) is 4.10. The molecule has 1 aliphatic carbocycles. The van der Waals surface area contributed by atoms with E-state index in [1.807, 2.05) is 0 Å². The van der Waals surface area contributed by atoms with Gasteiger partial charge in [0.25, 0.3) is 0 Å². The lowest BCUT2D eigenvalue weighted by atomic mass is 9.87. The van der Waals surface area contributed by atoms with Gasteiger partial charge in [0.1, 0.15) is 0 Å². The maximum Gasteiger partial charge on any atom is 0.159 e. The zero-order valence-electron chi connectivity index (χ0n) is 13.1. The van der Waals surface area contributed by atoms with E-state index in [0.29, 0.717) is 12.3 Å². The summed E-state index contributed by atoms with van der Waals surface area (Å²) in [5.41, 5.74) is 0. The number of hydrogen-bond acceptors (Lipinski definition) is 3. The number of hydrogen-bond donors (Lipinski definition) is 0. The van der Waals surface area contributed by atoms with Crippen molar-refractivity contribution in [2.45, 2.75) is 64.7 Å². The molecule has 0 heterocycles. The van der Waals surface area contributed by atoms with Gasteiger partial charge in [0, 0.05) is 11.9 Å². The first-order chi connectivity index (χ1) is 10.1. The first kappa shape index (κ1) is 17.7. The zero-order chi connectivity index (χ0) is 15.5. The second kappa shape index (κ2) is 10.4. The lowest BCUT2D eigenvalue weighted by molar-refractivity contribution is -0.305. The fourth-order valence-electron chi connectivity index (χ4n) is 2.87. The highest BCUT2D eigenvalue weighted by Crippen LogP contribution is 2.30. The number of carbonyl (C=O) groups excluding carboxylic acids is 2. The van der Waals surface area contributed by atoms with Crippen molar-refractivity contribution in [2.24, 2.45) is 11.8 Å². The van der Waals surface area contributed by atoms with Gasteiger partial charge in [0.05, 0.1) is 0 Å². The summed E-state index contributed by atoms with van der Waals surface area (Å²) in [6.07, 6.45) is 16.1. The molecule has 0 spiro atoms. The Bertz CT molecular complexity index is 382. The van der Waals surface area contributed by atoms with Crippen molar-refractivity contribution in [1.82, 2.24) is 0 Å². The second-order valence-electron chi connectivity index (χ2n) is 5.83. The lowest BCUT2D eigenvalue weighted by Crippen LogP contribution is -2.21. The molecule has 1 aliphatic rings. The normalized spacial score (nSPS) is 21.5. The van der Waals surface area contributed by atoms with Crippen LogP contribution in [0.2, 0.25) is 0 Å². The molecule has 0 amide bonds. The number of carboxylic acid groups (broad SMARTS) is 1. The van der Waals surface area contributed by atoms with Crippen LogP contribution >= 0.6 is 0 Å². The number of carbonyl (C=O) groups is 2. The van der Waals surface area contributed by atoms with Crippen LogP contribution in [0.3, 0.4) is 0 Å². The Labute approximate surface area is 128 Å². The molecule has 21 heavy (non-hydrogen) atoms. The Balaban J connectivity index is 2.15. The van der Waals surface area contributed by atoms with Crippen LogP contribution in [-0.4, -0.2) is 11.8 Å². The van der Waals surface area contributed by atoms with Crippen molar-refractivity contribution in [2.75, 3.05) is 0 Å². The highest BCUT2D eigenvalue weighted by Gasteiger charge is 2.28. The Kier molecular flexibility index (Phi) is 8.72. The molecule has 0 aromatic carbocycles. The molecule has 0 bridgehead atoms. The summed E-state index contributed by atoms with van der Waals surface area (Å²) in [5.74, 6) is -0.143. The molecule has 1 rings (SSSR count). The van der Waals surface area contributed by atoms with E-state index in [-0.39, 0.29) is 18.1 Å². The third kappa shape index (κ3) is 7.26. The molecule has 0 N–H and O–H groups in total. The van der Waals surface area contributed by atoms with E-state index in [1.54, 1.807) is 6.08 Å². The number of aliphatic carboxylic acids is 1. The average molecular weight is 291 g/mol. The van der Waals surface area contributed by atoms with Crippen molar-refractivity contribution >= 4 is 11.8 Å². The van der Waals surface area contributed by atoms with E-state index in [2.05, 4.69) is 25.2 Å². The quantitative estimate of drug-likeness (QED) is 0.434. The minimum absolute atomic E-state index is 0.162. The third-order valence-electron chi connectivity index (χ3n) is 4.10. The standard InChI is InChI=1S/C18H28O3/c1-2-3-7-10-15-13-14-17(19)16(15)11-8-5-4-6-9-12-18(20)21/h3,7,13-16H,2,4-6,8-12H2,1H3,(H,20,21)/p-1/b7-3-. The number of rotatable bonds is 11. The summed E-state index contributed by atoms with van der Waals surface area (Å²) < 4.78 is 0. The molecule has 118 valence electrons. The van der Waals surface area contributed by atoms with Gasteiger partial charge in [-0.25, -0.2) is 0 Å². The van der Waals surface area contributed by atoms with E-state index in [1.165, 1.54) is 0 Å². The predicted molar refractivity (Wildman–Crippen MR) is 82.5 cm³/mol. The molecule has 3 heteroatoms. The Morgan fingerprint density at radius 3 is 2.62 bits per heavy atom. The molecule has 2 atom stereocenters. The molecule has 0 aromatic rings. The fourth-order valence-corrected chi connectivity index (χ4v) is 2.87. The van der Waals surface area contributed by atoms with Crippen LogP contribution in [0.15, 0.2) is 24.3 Å². The van der Waals surface area contributed by atoms with Gasteiger partial charge in [-0.2, -0.15) is 0 Å². The van der Waals surface area contributed by atoms with Crippen molar-refractivity contribution < 1.29 is 14.7 Å². The lowest BCUT2D eigenvalue weighted by Gasteiger charge is -2.16. The van der Waals surface area contributed by atoms with E-state index in [9.17, 15) is 14.7 Å². The minimum Gasteiger partial charge on any atom is -0.550 e. The molecule has 0 saturated carbocycles. The zero-order valence-corrected chi connectivity index (χ0v) is 13.1. The Morgan fingerprint density at radius 1 is 1.19 bits per heavy atom. The second-order valence-corrected chi connectivity index (χ2v) is 5.83. The van der Waals surface area contributed by atoms with E-state index in [4.69, 9.17) is 0 Å². The smallest absolute Gasteiger partial charge is 0.159 e. The van der Waals surface area contributed by atoms with Crippen molar-refractivity contribution in [3.63, 3.8) is 0 Å². The van der Waals surface area contributed by atoms with Crippen molar-refractivity contribution in [1.29, 1.82) is 0 Å². The van der Waals surface area contributed by atoms with Crippen LogP contribution in [0, 0.1) is 11.8 Å². The Morgan fingerprint density at radius 2 is 1.90 bits per heavy atom. The number of unbranched alkanes of at least 4 members (excludes halogenated alkanes) is 4. The van der Waals surface area contributed by atoms with Crippen LogP contribution in [0.1, 0.15) is 64.7 Å². The fraction of sp³-hybridized carbons (Fsp3) is 0.667. The van der Waals surface area contributed by atoms with E-state index < -0.39 is 5.97 Å². The molecule has 0 radical (unpaired) electrons. The van der Waals surface area contributed by atoms with Crippen molar-refractivity contribution in [3.05, 3.63) is 24.3 Å². The minimum atomic E-state index is -0.958. The average Bonchev–Trinajstić information content (AvgIpc) is 2.79. The van der Waals surface area contributed by atoms with Gasteiger partial charge in [-0.05, 0) is 44.1 Å². The monoisotopic (exact) mass is 291 g/mol. The number of allylic oxidation sites excluding steroid dienone is 4. The van der Waals surface area contributed by atoms with Crippen LogP contribution in [0.25, 0.3) is 0 Å². The summed E-state index contributed by atoms with van der Waals surface area (Å²) in [5, 5.41) is 10.3. The molecule has 2 unspecified atom stereocenters. The maximum absolute atomic E-state index is 11.9. The summed E-state index contributed by atoms with van der Waals surface area (Å²) in [7, 11) is 0. The first-order valence-corrected chi connectivity index (χ1v) is 8.22. The van der Waals surface area contributed by atoms with Crippen LogP contribution < -0.4 is 5.11 Å². The topological polar surface area (TPSA) is 57.2 Å². The van der Waals surface area contributed by atoms with Crippen LogP contribution in [0.5, 0.6) is 0 Å². The first-order valence-electron chi connectivity index (χ1n) is 8.22. The number of carboxylic acids is 1. The van der Waals surface area contributed by atoms with Gasteiger partial charge in [0.2, 0.25) is 0 Å². The van der Waals surface area contributed by atoms with Crippen LogP contribution in [-0.2, 0) is 9.59 Å². The summed E-state index contributed by atoms with van der Waals surface area (Å²) in [4.78, 5) is 22.2. The Hall–Kier alpha value is -1.38. The summed E-state index contributed by atoms with van der Waals surface area (Å²) in [6, 6.07) is 0. The summed E-state index contributed by atoms with van der Waals surface area (Å²) in [6.45, 7) is 2.12. The van der Waals surface area contributed by atoms with Gasteiger partial charge in [0.15, 0.2) is 5.78 Å². The van der Waals surface area contributed by atoms with Crippen molar-refractivity contribution in [3.8, 4) is 0 Å². The molecule has 0 aromatic heterocycles. The molecule has 3 nitrogen and oxygen atoms in total. The highest BCUT2D eigenvalue weighted by atomic mass is 16.4. The van der Waals surface area contributed by atoms with Gasteiger partial charge in [-0.3, -0.25) is 4.79 Å². The van der Waals surface area contributed by atoms with Gasteiger partial charge < -0.3 is 9.90 Å². The summed E-state index contributed by atoms with van der Waals surface area (Å²) >= 11 is 0. The van der Waals surface area contributed by atoms with Gasteiger partial charge in [-0.1, -0.05) is 50.8 Å². The van der Waals surface area contributed by atoms with Crippen LogP contribution in [0.4, 0.5) is 0 Å². The molecular formula is C18H27O3-. The van der Waals surface area contributed by atoms with E-state index in [0.717, 1.165) is 44.9 Å². The predicted octanol–water partition coefficient (Wildman–Crippen LogP) is 3.19. The molecule has 0 saturated heterocycles. The van der Waals surface area contributed by atoms with Gasteiger partial charge in [-0.15, -0.1) is 0 Å². The number of ketones is 1. The largest absolute Gasteiger partial charge is 0.550 e. The molecular weight excluding hydrogens is 264 g/mol. The van der Waals surface area contributed by atoms with E-state index >= 15 is 0 Å².